The van der Waals surface area contributed by atoms with Crippen LogP contribution in [0.25, 0.3) is 0 Å². The average Bonchev–Trinajstić information content (AvgIpc) is 2.62. The molecule has 1 aromatic rings. The van der Waals surface area contributed by atoms with Gasteiger partial charge in [0.15, 0.2) is 0 Å². The topological polar surface area (TPSA) is 78.9 Å². The summed E-state index contributed by atoms with van der Waals surface area (Å²) in [4.78, 5) is 36.8. The minimum absolute atomic E-state index is 0.0401. The van der Waals surface area contributed by atoms with Crippen LogP contribution in [-0.4, -0.2) is 38.2 Å². The molecule has 132 valence electrons. The van der Waals surface area contributed by atoms with Crippen LogP contribution in [0.5, 0.6) is 0 Å². The number of carbonyl (C=O) groups is 3. The van der Waals surface area contributed by atoms with Gasteiger partial charge < -0.3 is 14.2 Å². The predicted octanol–water partition coefficient (Wildman–Crippen LogP) is 2.71. The first-order chi connectivity index (χ1) is 11.8. The number of esters is 3. The Labute approximate surface area is 150 Å². The minimum Gasteiger partial charge on any atom is -0.468 e. The highest BCUT2D eigenvalue weighted by molar-refractivity contribution is 6.30. The molecule has 0 saturated carbocycles. The molecule has 1 aliphatic rings. The minimum atomic E-state index is -1.53. The second kappa shape index (κ2) is 7.53. The van der Waals surface area contributed by atoms with Gasteiger partial charge in [0.1, 0.15) is 11.5 Å². The van der Waals surface area contributed by atoms with Crippen LogP contribution in [0.1, 0.15) is 17.3 Å². The molecule has 0 radical (unpaired) electrons. The van der Waals surface area contributed by atoms with Gasteiger partial charge in [-0.05, 0) is 37.3 Å². The van der Waals surface area contributed by atoms with Crippen LogP contribution >= 0.6 is 11.6 Å². The molecule has 2 atom stereocenters. The van der Waals surface area contributed by atoms with Crippen molar-refractivity contribution in [3.05, 3.63) is 58.7 Å². The summed E-state index contributed by atoms with van der Waals surface area (Å²) in [5, 5.41) is 0.476. The van der Waals surface area contributed by atoms with Gasteiger partial charge in [-0.3, -0.25) is 4.79 Å². The van der Waals surface area contributed by atoms with E-state index >= 15 is 0 Å². The van der Waals surface area contributed by atoms with Crippen LogP contribution in [-0.2, 0) is 23.8 Å². The van der Waals surface area contributed by atoms with Crippen molar-refractivity contribution in [2.75, 3.05) is 14.2 Å². The Hall–Kier alpha value is -2.60. The van der Waals surface area contributed by atoms with Gasteiger partial charge in [-0.25, -0.2) is 9.59 Å². The van der Waals surface area contributed by atoms with E-state index in [2.05, 4.69) is 0 Å². The smallest absolute Gasteiger partial charge is 0.338 e. The Bertz CT molecular complexity index is 749. The molecule has 0 aromatic heterocycles. The molecule has 0 heterocycles. The van der Waals surface area contributed by atoms with Crippen molar-refractivity contribution in [3.63, 3.8) is 0 Å². The number of allylic oxidation sites excluding steroid dienone is 2. The third kappa shape index (κ3) is 3.58. The lowest BCUT2D eigenvalue weighted by Crippen LogP contribution is -2.47. The molecular weight excluding hydrogens is 348 g/mol. The maximum atomic E-state index is 12.4. The summed E-state index contributed by atoms with van der Waals surface area (Å²) in [6.07, 6.45) is 3.44. The lowest BCUT2D eigenvalue weighted by atomic mass is 9.74. The van der Waals surface area contributed by atoms with Crippen molar-refractivity contribution in [2.24, 2.45) is 5.41 Å². The fourth-order valence-electron chi connectivity index (χ4n) is 2.53. The zero-order chi connectivity index (χ0) is 18.6. The van der Waals surface area contributed by atoms with Gasteiger partial charge in [0.05, 0.1) is 25.4 Å². The molecule has 25 heavy (non-hydrogen) atoms. The molecular formula is C18H17ClO6. The van der Waals surface area contributed by atoms with Gasteiger partial charge in [0.25, 0.3) is 0 Å². The lowest BCUT2D eigenvalue weighted by molar-refractivity contribution is -0.157. The number of hydrogen-bond donors (Lipinski definition) is 0. The van der Waals surface area contributed by atoms with Gasteiger partial charge >= 0.3 is 17.9 Å². The number of carbonyl (C=O) groups excluding carboxylic acids is 3. The SMILES string of the molecule is COC(=O)C1=CC=C[C@H](OC(=O)c2ccc(Cl)cc2)[C@@]1(C)C(=O)OC. The number of ether oxygens (including phenoxy) is 3. The average molecular weight is 365 g/mol. The highest BCUT2D eigenvalue weighted by Gasteiger charge is 2.51. The van der Waals surface area contributed by atoms with Crippen LogP contribution in [0.3, 0.4) is 0 Å². The first-order valence-electron chi connectivity index (χ1n) is 7.36. The normalized spacial score (nSPS) is 21.9. The van der Waals surface area contributed by atoms with Crippen LogP contribution in [0.15, 0.2) is 48.1 Å². The number of rotatable bonds is 4. The second-order valence-electron chi connectivity index (χ2n) is 5.48. The number of methoxy groups -OCH3 is 2. The molecule has 1 aliphatic carbocycles. The lowest BCUT2D eigenvalue weighted by Gasteiger charge is -2.35. The van der Waals surface area contributed by atoms with E-state index in [1.165, 1.54) is 51.5 Å². The number of hydrogen-bond acceptors (Lipinski definition) is 6. The van der Waals surface area contributed by atoms with E-state index in [1.807, 2.05) is 0 Å². The summed E-state index contributed by atoms with van der Waals surface area (Å²) in [7, 11) is 2.40. The summed E-state index contributed by atoms with van der Waals surface area (Å²) in [5.74, 6) is -2.08. The van der Waals surface area contributed by atoms with E-state index in [-0.39, 0.29) is 11.1 Å². The van der Waals surface area contributed by atoms with Gasteiger partial charge in [-0.2, -0.15) is 0 Å². The molecule has 0 spiro atoms. The van der Waals surface area contributed by atoms with Crippen molar-refractivity contribution in [1.29, 1.82) is 0 Å². The van der Waals surface area contributed by atoms with Crippen LogP contribution in [0.4, 0.5) is 0 Å². The van der Waals surface area contributed by atoms with Gasteiger partial charge in [0.2, 0.25) is 0 Å². The van der Waals surface area contributed by atoms with E-state index < -0.39 is 29.4 Å². The van der Waals surface area contributed by atoms with Gasteiger partial charge in [-0.15, -0.1) is 0 Å². The molecule has 1 aromatic carbocycles. The fraction of sp³-hybridized carbons (Fsp3) is 0.278. The first-order valence-corrected chi connectivity index (χ1v) is 7.74. The Morgan fingerprint density at radius 2 is 1.68 bits per heavy atom. The third-order valence-corrected chi connectivity index (χ3v) is 4.26. The molecule has 7 heteroatoms. The Morgan fingerprint density at radius 1 is 1.04 bits per heavy atom. The summed E-state index contributed by atoms with van der Waals surface area (Å²) in [6, 6.07) is 6.11. The van der Waals surface area contributed by atoms with Gasteiger partial charge in [-0.1, -0.05) is 23.8 Å². The maximum Gasteiger partial charge on any atom is 0.338 e. The first kappa shape index (κ1) is 18.7. The molecule has 2 rings (SSSR count). The molecule has 6 nitrogen and oxygen atoms in total. The third-order valence-electron chi connectivity index (χ3n) is 4.01. The van der Waals surface area contributed by atoms with Crippen molar-refractivity contribution in [1.82, 2.24) is 0 Å². The zero-order valence-electron chi connectivity index (χ0n) is 13.9. The van der Waals surface area contributed by atoms with Crippen LogP contribution in [0, 0.1) is 5.41 Å². The van der Waals surface area contributed by atoms with Crippen LogP contribution in [0.2, 0.25) is 5.02 Å². The summed E-state index contributed by atoms with van der Waals surface area (Å²) < 4.78 is 15.0. The Balaban J connectivity index is 2.35. The summed E-state index contributed by atoms with van der Waals surface area (Å²) in [5.41, 5.74) is -1.23. The largest absolute Gasteiger partial charge is 0.468 e. The Morgan fingerprint density at radius 3 is 2.24 bits per heavy atom. The molecule has 0 fully saturated rings. The van der Waals surface area contributed by atoms with E-state index in [1.54, 1.807) is 12.1 Å². The highest BCUT2D eigenvalue weighted by atomic mass is 35.5. The van der Waals surface area contributed by atoms with Crippen molar-refractivity contribution in [3.8, 4) is 0 Å². The van der Waals surface area contributed by atoms with Crippen molar-refractivity contribution < 1.29 is 28.6 Å². The molecule has 0 bridgehead atoms. The maximum absolute atomic E-state index is 12.4. The van der Waals surface area contributed by atoms with Crippen LogP contribution < -0.4 is 0 Å². The van der Waals surface area contributed by atoms with Gasteiger partial charge in [0, 0.05) is 5.02 Å². The highest BCUT2D eigenvalue weighted by Crippen LogP contribution is 2.39. The number of halogens is 1. The zero-order valence-corrected chi connectivity index (χ0v) is 14.7. The van der Waals surface area contributed by atoms with E-state index in [0.717, 1.165) is 0 Å². The molecule has 0 unspecified atom stereocenters. The van der Waals surface area contributed by atoms with Crippen molar-refractivity contribution in [2.45, 2.75) is 13.0 Å². The summed E-state index contributed by atoms with van der Waals surface area (Å²) >= 11 is 5.80. The molecule has 0 saturated heterocycles. The van der Waals surface area contributed by atoms with Crippen molar-refractivity contribution >= 4 is 29.5 Å². The molecule has 0 N–H and O–H groups in total. The molecule has 0 aliphatic heterocycles. The quantitative estimate of drug-likeness (QED) is 0.603. The van der Waals surface area contributed by atoms with E-state index in [4.69, 9.17) is 25.8 Å². The second-order valence-corrected chi connectivity index (χ2v) is 5.92. The monoisotopic (exact) mass is 364 g/mol. The molecule has 0 amide bonds. The Kier molecular flexibility index (Phi) is 5.64. The predicted molar refractivity (Wildman–Crippen MR) is 90.0 cm³/mol. The van der Waals surface area contributed by atoms with E-state index in [9.17, 15) is 14.4 Å². The van der Waals surface area contributed by atoms with E-state index in [0.29, 0.717) is 5.02 Å². The fourth-order valence-corrected chi connectivity index (χ4v) is 2.65. The standard InChI is InChI=1S/C18H17ClO6/c1-18(17(22)24-3)13(16(21)23-2)5-4-6-14(18)25-15(20)11-7-9-12(19)10-8-11/h4-10,14H,1-3H3/t14-,18-/m0/s1. The summed E-state index contributed by atoms with van der Waals surface area (Å²) in [6.45, 7) is 1.46. The number of benzene rings is 1.